The van der Waals surface area contributed by atoms with Crippen LogP contribution in [-0.2, 0) is 0 Å². The summed E-state index contributed by atoms with van der Waals surface area (Å²) in [6.07, 6.45) is 4.17. The van der Waals surface area contributed by atoms with E-state index in [0.717, 1.165) is 12.8 Å². The Balaban J connectivity index is 3.79. The topological polar surface area (TPSA) is 20.2 Å². The molecule has 0 radical (unpaired) electrons. The molecule has 0 aromatic heterocycles. The van der Waals surface area contributed by atoms with Crippen LogP contribution in [0.1, 0.15) is 60.3 Å². The second kappa shape index (κ2) is 5.64. The van der Waals surface area contributed by atoms with Crippen LogP contribution in [-0.4, -0.2) is 11.2 Å². The largest absolute Gasteiger partial charge is 0.393 e. The highest BCUT2D eigenvalue weighted by molar-refractivity contribution is 4.70. The van der Waals surface area contributed by atoms with E-state index in [1.165, 1.54) is 12.8 Å². The Labute approximate surface area is 83.5 Å². The van der Waals surface area contributed by atoms with Crippen molar-refractivity contribution in [3.8, 4) is 0 Å². The first kappa shape index (κ1) is 13.0. The smallest absolute Gasteiger partial charge is 0.0547 e. The Morgan fingerprint density at radius 2 is 1.54 bits per heavy atom. The minimum Gasteiger partial charge on any atom is -0.393 e. The monoisotopic (exact) mass is 186 g/mol. The summed E-state index contributed by atoms with van der Waals surface area (Å²) in [5, 5.41) is 9.82. The first-order valence-electron chi connectivity index (χ1n) is 5.57. The Bertz CT molecular complexity index is 120. The van der Waals surface area contributed by atoms with Gasteiger partial charge < -0.3 is 5.11 Å². The minimum atomic E-state index is -0.107. The molecule has 0 bridgehead atoms. The maximum absolute atomic E-state index is 9.82. The fourth-order valence-electron chi connectivity index (χ4n) is 1.80. The third-order valence-electron chi connectivity index (χ3n) is 2.61. The van der Waals surface area contributed by atoms with Gasteiger partial charge in [0.1, 0.15) is 0 Å². The normalized spacial score (nSPS) is 15.0. The van der Waals surface area contributed by atoms with Crippen LogP contribution in [0.5, 0.6) is 0 Å². The quantitative estimate of drug-likeness (QED) is 0.695. The summed E-state index contributed by atoms with van der Waals surface area (Å²) in [6, 6.07) is 0. The van der Waals surface area contributed by atoms with Gasteiger partial charge in [0.25, 0.3) is 0 Å². The molecule has 13 heavy (non-hydrogen) atoms. The van der Waals surface area contributed by atoms with Gasteiger partial charge in [-0.25, -0.2) is 0 Å². The van der Waals surface area contributed by atoms with Crippen LogP contribution in [0.25, 0.3) is 0 Å². The highest BCUT2D eigenvalue weighted by atomic mass is 16.3. The summed E-state index contributed by atoms with van der Waals surface area (Å²) < 4.78 is 0. The lowest BCUT2D eigenvalue weighted by atomic mass is 9.85. The van der Waals surface area contributed by atoms with Crippen LogP contribution in [0.2, 0.25) is 0 Å². The number of hydrogen-bond donors (Lipinski definition) is 1. The van der Waals surface area contributed by atoms with Crippen molar-refractivity contribution in [3.05, 3.63) is 0 Å². The highest BCUT2D eigenvalue weighted by Crippen LogP contribution is 2.25. The third-order valence-corrected chi connectivity index (χ3v) is 2.61. The summed E-state index contributed by atoms with van der Waals surface area (Å²) in [5.41, 5.74) is 0.255. The molecule has 0 aromatic carbocycles. The number of rotatable bonds is 5. The van der Waals surface area contributed by atoms with Crippen molar-refractivity contribution < 1.29 is 5.11 Å². The van der Waals surface area contributed by atoms with Crippen LogP contribution in [0.15, 0.2) is 0 Å². The van der Waals surface area contributed by atoms with Gasteiger partial charge >= 0.3 is 0 Å². The van der Waals surface area contributed by atoms with E-state index in [0.29, 0.717) is 5.92 Å². The van der Waals surface area contributed by atoms with E-state index in [4.69, 9.17) is 0 Å². The zero-order chi connectivity index (χ0) is 10.5. The highest BCUT2D eigenvalue weighted by Gasteiger charge is 2.18. The van der Waals surface area contributed by atoms with Gasteiger partial charge in [-0.2, -0.15) is 0 Å². The van der Waals surface area contributed by atoms with Crippen molar-refractivity contribution in [2.45, 2.75) is 66.4 Å². The molecule has 0 saturated carbocycles. The summed E-state index contributed by atoms with van der Waals surface area (Å²) in [7, 11) is 0. The predicted octanol–water partition coefficient (Wildman–Crippen LogP) is 3.61. The van der Waals surface area contributed by atoms with Crippen LogP contribution in [0, 0.1) is 11.3 Å². The van der Waals surface area contributed by atoms with Crippen molar-refractivity contribution in [3.63, 3.8) is 0 Å². The van der Waals surface area contributed by atoms with Crippen LogP contribution < -0.4 is 0 Å². The summed E-state index contributed by atoms with van der Waals surface area (Å²) in [5.74, 6) is 0.706. The average Bonchev–Trinajstić information content (AvgIpc) is 1.96. The molecule has 0 aliphatic rings. The lowest BCUT2D eigenvalue weighted by Crippen LogP contribution is -2.20. The van der Waals surface area contributed by atoms with Gasteiger partial charge in [0.05, 0.1) is 6.10 Å². The Hall–Kier alpha value is -0.0400. The van der Waals surface area contributed by atoms with Gasteiger partial charge in [0.2, 0.25) is 0 Å². The average molecular weight is 186 g/mol. The number of aliphatic hydroxyl groups excluding tert-OH is 1. The van der Waals surface area contributed by atoms with E-state index in [1.807, 2.05) is 0 Å². The molecule has 0 amide bonds. The van der Waals surface area contributed by atoms with Crippen molar-refractivity contribution in [1.29, 1.82) is 0 Å². The van der Waals surface area contributed by atoms with E-state index >= 15 is 0 Å². The molecule has 0 rings (SSSR count). The van der Waals surface area contributed by atoms with Gasteiger partial charge in [-0.05, 0) is 24.2 Å². The second-order valence-corrected chi connectivity index (χ2v) is 5.34. The Morgan fingerprint density at radius 1 is 1.08 bits per heavy atom. The first-order valence-corrected chi connectivity index (χ1v) is 5.57. The van der Waals surface area contributed by atoms with Crippen molar-refractivity contribution >= 4 is 0 Å². The van der Waals surface area contributed by atoms with E-state index in [9.17, 15) is 5.11 Å². The maximum Gasteiger partial charge on any atom is 0.0547 e. The minimum absolute atomic E-state index is 0.107. The molecule has 1 atom stereocenters. The fraction of sp³-hybridized carbons (Fsp3) is 1.00. The summed E-state index contributed by atoms with van der Waals surface area (Å²) in [4.78, 5) is 0. The summed E-state index contributed by atoms with van der Waals surface area (Å²) >= 11 is 0. The molecule has 0 saturated heterocycles. The molecule has 0 spiro atoms. The van der Waals surface area contributed by atoms with Gasteiger partial charge in [-0.3, -0.25) is 0 Å². The Kier molecular flexibility index (Phi) is 5.62. The molecule has 0 aliphatic carbocycles. The van der Waals surface area contributed by atoms with E-state index < -0.39 is 0 Å². The maximum atomic E-state index is 9.82. The molecule has 1 N–H and O–H groups in total. The molecule has 0 heterocycles. The van der Waals surface area contributed by atoms with Crippen molar-refractivity contribution in [2.24, 2.45) is 11.3 Å². The standard InChI is InChI=1S/C12H26O/c1-6-10(7-2)8-11(13)9-12(3,4)5/h10-11,13H,6-9H2,1-5H3. The Morgan fingerprint density at radius 3 is 1.85 bits per heavy atom. The van der Waals surface area contributed by atoms with Gasteiger partial charge in [0.15, 0.2) is 0 Å². The zero-order valence-corrected chi connectivity index (χ0v) is 9.93. The second-order valence-electron chi connectivity index (χ2n) is 5.34. The lowest BCUT2D eigenvalue weighted by Gasteiger charge is -2.24. The lowest BCUT2D eigenvalue weighted by molar-refractivity contribution is 0.0943. The van der Waals surface area contributed by atoms with Gasteiger partial charge in [0, 0.05) is 0 Å². The molecule has 1 nitrogen and oxygen atoms in total. The predicted molar refractivity (Wildman–Crippen MR) is 58.8 cm³/mol. The first-order chi connectivity index (χ1) is 5.89. The van der Waals surface area contributed by atoms with Crippen molar-refractivity contribution in [1.82, 2.24) is 0 Å². The molecule has 0 fully saturated rings. The molecule has 1 unspecified atom stereocenters. The van der Waals surface area contributed by atoms with Crippen LogP contribution >= 0.6 is 0 Å². The SMILES string of the molecule is CCC(CC)CC(O)CC(C)(C)C. The van der Waals surface area contributed by atoms with Crippen molar-refractivity contribution in [2.75, 3.05) is 0 Å². The number of hydrogen-bond acceptors (Lipinski definition) is 1. The van der Waals surface area contributed by atoms with E-state index in [2.05, 4.69) is 34.6 Å². The molecule has 80 valence electrons. The fourth-order valence-corrected chi connectivity index (χ4v) is 1.80. The van der Waals surface area contributed by atoms with E-state index in [-0.39, 0.29) is 11.5 Å². The van der Waals surface area contributed by atoms with Gasteiger partial charge in [-0.1, -0.05) is 47.5 Å². The molecule has 0 aliphatic heterocycles. The molecule has 1 heteroatoms. The molecular weight excluding hydrogens is 160 g/mol. The zero-order valence-electron chi connectivity index (χ0n) is 9.93. The van der Waals surface area contributed by atoms with E-state index in [1.54, 1.807) is 0 Å². The van der Waals surface area contributed by atoms with Crippen LogP contribution in [0.4, 0.5) is 0 Å². The number of aliphatic hydroxyl groups is 1. The van der Waals surface area contributed by atoms with Crippen LogP contribution in [0.3, 0.4) is 0 Å². The molecular formula is C12H26O. The molecule has 0 aromatic rings. The van der Waals surface area contributed by atoms with Gasteiger partial charge in [-0.15, -0.1) is 0 Å². The summed E-state index contributed by atoms with van der Waals surface area (Å²) in [6.45, 7) is 11.0. The third kappa shape index (κ3) is 7.06.